The molecule has 4 heteroatoms. The van der Waals surface area contributed by atoms with Gasteiger partial charge in [-0.15, -0.1) is 0 Å². The summed E-state index contributed by atoms with van der Waals surface area (Å²) in [6, 6.07) is 6.39. The van der Waals surface area contributed by atoms with Crippen LogP contribution in [0, 0.1) is 0 Å². The maximum absolute atomic E-state index is 6.13. The van der Waals surface area contributed by atoms with Crippen molar-refractivity contribution in [1.82, 2.24) is 4.98 Å². The van der Waals surface area contributed by atoms with E-state index >= 15 is 0 Å². The summed E-state index contributed by atoms with van der Waals surface area (Å²) in [6.45, 7) is 7.39. The molecule has 1 aliphatic rings. The molecule has 0 atom stereocenters. The monoisotopic (exact) mass is 288 g/mol. The molecule has 0 saturated carbocycles. The summed E-state index contributed by atoms with van der Waals surface area (Å²) in [7, 11) is 0. The van der Waals surface area contributed by atoms with Gasteiger partial charge in [-0.25, -0.2) is 4.98 Å². The number of aromatic nitrogens is 1. The van der Waals surface area contributed by atoms with E-state index in [2.05, 4.69) is 49.3 Å². The minimum absolute atomic E-state index is 0.105. The summed E-state index contributed by atoms with van der Waals surface area (Å²) in [5.74, 6) is 1.03. The molecule has 2 heterocycles. The fraction of sp³-hybridized carbons (Fsp3) is 0.438. The summed E-state index contributed by atoms with van der Waals surface area (Å²) in [5, 5.41) is 4.32. The number of para-hydroxylation sites is 1. The third kappa shape index (κ3) is 2.52. The van der Waals surface area contributed by atoms with Crippen LogP contribution in [-0.4, -0.2) is 17.1 Å². The second kappa shape index (κ2) is 5.09. The zero-order valence-corrected chi connectivity index (χ0v) is 13.0. The van der Waals surface area contributed by atoms with Crippen LogP contribution in [0.5, 0.6) is 5.75 Å². The van der Waals surface area contributed by atoms with Crippen molar-refractivity contribution >= 4 is 16.5 Å². The van der Waals surface area contributed by atoms with Gasteiger partial charge >= 0.3 is 0 Å². The molecule has 1 aromatic carbocycles. The van der Waals surface area contributed by atoms with Gasteiger partial charge in [0.15, 0.2) is 5.13 Å². The van der Waals surface area contributed by atoms with Crippen LogP contribution in [0.3, 0.4) is 0 Å². The highest BCUT2D eigenvalue weighted by Gasteiger charge is 2.32. The van der Waals surface area contributed by atoms with E-state index in [1.807, 2.05) is 6.20 Å². The quantitative estimate of drug-likeness (QED) is 0.908. The lowest BCUT2D eigenvalue weighted by molar-refractivity contribution is 0.139. The van der Waals surface area contributed by atoms with E-state index in [1.165, 1.54) is 5.56 Å². The maximum atomic E-state index is 6.13. The molecule has 0 aliphatic carbocycles. The lowest BCUT2D eigenvalue weighted by Crippen LogP contribution is -2.24. The number of benzene rings is 1. The Labute approximate surface area is 124 Å². The van der Waals surface area contributed by atoms with E-state index in [9.17, 15) is 0 Å². The first kappa shape index (κ1) is 13.4. The Morgan fingerprint density at radius 3 is 3.05 bits per heavy atom. The zero-order valence-electron chi connectivity index (χ0n) is 12.2. The molecule has 1 aliphatic heterocycles. The van der Waals surface area contributed by atoms with Crippen molar-refractivity contribution in [2.75, 3.05) is 11.9 Å². The van der Waals surface area contributed by atoms with Crippen LogP contribution in [0.1, 0.15) is 32.8 Å². The van der Waals surface area contributed by atoms with Crippen LogP contribution in [-0.2, 0) is 6.42 Å². The van der Waals surface area contributed by atoms with E-state index < -0.39 is 0 Å². The van der Waals surface area contributed by atoms with Crippen molar-refractivity contribution in [3.8, 4) is 16.2 Å². The van der Waals surface area contributed by atoms with Gasteiger partial charge in [0.25, 0.3) is 0 Å². The molecular formula is C16H20N2OS. The molecule has 3 rings (SSSR count). The molecule has 0 spiro atoms. The summed E-state index contributed by atoms with van der Waals surface area (Å²) < 4.78 is 6.13. The highest BCUT2D eigenvalue weighted by molar-refractivity contribution is 7.18. The highest BCUT2D eigenvalue weighted by Crippen LogP contribution is 2.44. The number of hydrogen-bond donors (Lipinski definition) is 1. The number of hydrogen-bond acceptors (Lipinski definition) is 4. The Hall–Kier alpha value is -1.55. The van der Waals surface area contributed by atoms with Crippen LogP contribution < -0.4 is 10.1 Å². The fourth-order valence-electron chi connectivity index (χ4n) is 2.52. The number of ether oxygens (including phenoxy) is 1. The predicted molar refractivity (Wildman–Crippen MR) is 84.7 cm³/mol. The van der Waals surface area contributed by atoms with Gasteiger partial charge < -0.3 is 10.1 Å². The minimum atomic E-state index is -0.105. The van der Waals surface area contributed by atoms with E-state index in [0.29, 0.717) is 0 Å². The molecule has 0 bridgehead atoms. The van der Waals surface area contributed by atoms with Gasteiger partial charge in [0.2, 0.25) is 0 Å². The predicted octanol–water partition coefficient (Wildman–Crippen LogP) is 4.35. The number of nitrogens with zero attached hydrogens (tertiary/aromatic N) is 1. The third-order valence-corrected chi connectivity index (χ3v) is 4.38. The zero-order chi connectivity index (χ0) is 14.2. The summed E-state index contributed by atoms with van der Waals surface area (Å²) >= 11 is 1.69. The molecule has 0 unspecified atom stereocenters. The first-order valence-electron chi connectivity index (χ1n) is 7.10. The number of rotatable bonds is 4. The molecule has 3 nitrogen and oxygen atoms in total. The van der Waals surface area contributed by atoms with Gasteiger partial charge in [0, 0.05) is 24.7 Å². The first-order chi connectivity index (χ1) is 9.59. The van der Waals surface area contributed by atoms with E-state index in [4.69, 9.17) is 4.74 Å². The summed E-state index contributed by atoms with van der Waals surface area (Å²) in [4.78, 5) is 5.61. The van der Waals surface area contributed by atoms with Gasteiger partial charge in [-0.3, -0.25) is 0 Å². The van der Waals surface area contributed by atoms with Crippen LogP contribution >= 0.6 is 11.3 Å². The Kier molecular flexibility index (Phi) is 3.42. The Morgan fingerprint density at radius 2 is 2.25 bits per heavy atom. The molecule has 0 saturated heterocycles. The van der Waals surface area contributed by atoms with Crippen molar-refractivity contribution in [2.45, 2.75) is 39.2 Å². The van der Waals surface area contributed by atoms with Crippen LogP contribution in [0.4, 0.5) is 5.13 Å². The smallest absolute Gasteiger partial charge is 0.183 e. The van der Waals surface area contributed by atoms with Gasteiger partial charge in [-0.1, -0.05) is 30.4 Å². The number of thiazole rings is 1. The van der Waals surface area contributed by atoms with E-state index in [1.54, 1.807) is 11.3 Å². The molecule has 0 fully saturated rings. The van der Waals surface area contributed by atoms with Crippen LogP contribution in [0.15, 0.2) is 24.4 Å². The number of nitrogens with one attached hydrogen (secondary N) is 1. The molecule has 2 aromatic rings. The number of anilines is 1. The van der Waals surface area contributed by atoms with Crippen molar-refractivity contribution < 1.29 is 4.74 Å². The lowest BCUT2D eigenvalue weighted by Gasteiger charge is -2.17. The standard InChI is InChI=1S/C16H20N2OS/c1-4-8-17-15-18-10-13(20-15)12-7-5-6-11-9-16(2,3)19-14(11)12/h5-7,10H,4,8-9H2,1-3H3,(H,17,18). The Balaban J connectivity index is 1.92. The molecule has 0 radical (unpaired) electrons. The van der Waals surface area contributed by atoms with Crippen LogP contribution in [0.25, 0.3) is 10.4 Å². The average molecular weight is 288 g/mol. The SMILES string of the molecule is CCCNc1ncc(-c2cccc3c2OC(C)(C)C3)s1. The molecule has 20 heavy (non-hydrogen) atoms. The largest absolute Gasteiger partial charge is 0.487 e. The molecule has 1 N–H and O–H groups in total. The minimum Gasteiger partial charge on any atom is -0.487 e. The van der Waals surface area contributed by atoms with Crippen LogP contribution in [0.2, 0.25) is 0 Å². The highest BCUT2D eigenvalue weighted by atomic mass is 32.1. The van der Waals surface area contributed by atoms with Crippen molar-refractivity contribution in [1.29, 1.82) is 0 Å². The number of fused-ring (bicyclic) bond motifs is 1. The molecular weight excluding hydrogens is 268 g/mol. The summed E-state index contributed by atoms with van der Waals surface area (Å²) in [5.41, 5.74) is 2.35. The molecule has 0 amide bonds. The van der Waals surface area contributed by atoms with E-state index in [0.717, 1.165) is 40.7 Å². The first-order valence-corrected chi connectivity index (χ1v) is 7.92. The average Bonchev–Trinajstić information content (AvgIpc) is 2.97. The Morgan fingerprint density at radius 1 is 1.40 bits per heavy atom. The summed E-state index contributed by atoms with van der Waals surface area (Å²) in [6.07, 6.45) is 4.01. The normalized spacial score (nSPS) is 15.8. The molecule has 1 aromatic heterocycles. The third-order valence-electron chi connectivity index (χ3n) is 3.39. The van der Waals surface area contributed by atoms with Crippen molar-refractivity contribution in [3.05, 3.63) is 30.0 Å². The molecule has 106 valence electrons. The lowest BCUT2D eigenvalue weighted by atomic mass is 10.0. The van der Waals surface area contributed by atoms with E-state index in [-0.39, 0.29) is 5.60 Å². The van der Waals surface area contributed by atoms with Crippen molar-refractivity contribution in [2.24, 2.45) is 0 Å². The second-order valence-corrected chi connectivity index (χ2v) is 6.82. The van der Waals surface area contributed by atoms with Crippen molar-refractivity contribution in [3.63, 3.8) is 0 Å². The maximum Gasteiger partial charge on any atom is 0.183 e. The second-order valence-electron chi connectivity index (χ2n) is 5.79. The van der Waals surface area contributed by atoms with Gasteiger partial charge in [0.1, 0.15) is 11.4 Å². The van der Waals surface area contributed by atoms with Gasteiger partial charge in [0.05, 0.1) is 4.88 Å². The van der Waals surface area contributed by atoms with Gasteiger partial charge in [-0.2, -0.15) is 0 Å². The fourth-order valence-corrected chi connectivity index (χ4v) is 3.39. The topological polar surface area (TPSA) is 34.2 Å². The van der Waals surface area contributed by atoms with Gasteiger partial charge in [-0.05, 0) is 31.9 Å². The Bertz CT molecular complexity index is 619.